The van der Waals surface area contributed by atoms with Crippen LogP contribution in [0.25, 0.3) is 10.9 Å². The van der Waals surface area contributed by atoms with E-state index >= 15 is 0 Å². The molecule has 2 heterocycles. The lowest BCUT2D eigenvalue weighted by molar-refractivity contribution is 0.206. The first-order chi connectivity index (χ1) is 13.2. The molecular formula is C21H33ClIN5. The Morgan fingerprint density at radius 3 is 2.79 bits per heavy atom. The molecule has 0 bridgehead atoms. The Morgan fingerprint density at radius 1 is 1.29 bits per heavy atom. The molecule has 3 rings (SSSR count). The molecule has 0 atom stereocenters. The molecule has 28 heavy (non-hydrogen) atoms. The van der Waals surface area contributed by atoms with E-state index < -0.39 is 0 Å². The van der Waals surface area contributed by atoms with Crippen LogP contribution in [0.4, 0.5) is 0 Å². The second-order valence-corrected chi connectivity index (χ2v) is 7.71. The first-order valence-corrected chi connectivity index (χ1v) is 10.6. The predicted molar refractivity (Wildman–Crippen MR) is 131 cm³/mol. The molecule has 1 aromatic carbocycles. The fraction of sp³-hybridized carbons (Fsp3) is 0.571. The summed E-state index contributed by atoms with van der Waals surface area (Å²) in [6.07, 6.45) is 6.57. The number of aromatic nitrogens is 1. The molecule has 1 saturated heterocycles. The number of halogens is 2. The molecule has 0 spiro atoms. The second kappa shape index (κ2) is 11.9. The first kappa shape index (κ1) is 23.3. The van der Waals surface area contributed by atoms with Gasteiger partial charge in [-0.15, -0.1) is 24.0 Å². The van der Waals surface area contributed by atoms with Crippen molar-refractivity contribution in [3.63, 3.8) is 0 Å². The molecule has 0 aliphatic carbocycles. The molecule has 1 aromatic heterocycles. The lowest BCUT2D eigenvalue weighted by Gasteiger charge is -2.32. The van der Waals surface area contributed by atoms with E-state index in [4.69, 9.17) is 16.6 Å². The molecule has 0 radical (unpaired) electrons. The zero-order valence-corrected chi connectivity index (χ0v) is 20.0. The summed E-state index contributed by atoms with van der Waals surface area (Å²) in [4.78, 5) is 10.7. The number of H-pyrrole nitrogens is 1. The normalized spacial score (nSPS) is 16.2. The minimum absolute atomic E-state index is 0. The molecule has 156 valence electrons. The number of likely N-dealkylation sites (tertiary alicyclic amines) is 1. The van der Waals surface area contributed by atoms with Gasteiger partial charge in [0.15, 0.2) is 5.96 Å². The molecule has 2 aromatic rings. The Bertz CT molecular complexity index is 752. The van der Waals surface area contributed by atoms with Gasteiger partial charge in [-0.1, -0.05) is 18.5 Å². The molecule has 7 heteroatoms. The SMILES string of the molecule is CCCN1CCC(NC(=NCCc2c[nH]c3ccc(Cl)cc23)NCC)CC1.I. The topological polar surface area (TPSA) is 55.5 Å². The highest BCUT2D eigenvalue weighted by Crippen LogP contribution is 2.22. The van der Waals surface area contributed by atoms with E-state index in [0.717, 1.165) is 36.0 Å². The van der Waals surface area contributed by atoms with Crippen LogP contribution in [0.5, 0.6) is 0 Å². The number of piperidine rings is 1. The summed E-state index contributed by atoms with van der Waals surface area (Å²) in [6, 6.07) is 6.49. The molecule has 1 aliphatic rings. The van der Waals surface area contributed by atoms with Gasteiger partial charge in [0.1, 0.15) is 0 Å². The van der Waals surface area contributed by atoms with E-state index in [9.17, 15) is 0 Å². The van der Waals surface area contributed by atoms with Crippen molar-refractivity contribution in [2.24, 2.45) is 4.99 Å². The predicted octanol–water partition coefficient (Wildman–Crippen LogP) is 4.41. The van der Waals surface area contributed by atoms with E-state index in [-0.39, 0.29) is 24.0 Å². The van der Waals surface area contributed by atoms with E-state index in [0.29, 0.717) is 6.04 Å². The number of fused-ring (bicyclic) bond motifs is 1. The van der Waals surface area contributed by atoms with E-state index in [2.05, 4.69) is 40.6 Å². The molecule has 1 aliphatic heterocycles. The molecule has 0 unspecified atom stereocenters. The van der Waals surface area contributed by atoms with E-state index in [1.807, 2.05) is 18.2 Å². The average molecular weight is 518 g/mol. The molecule has 0 amide bonds. The number of aromatic amines is 1. The largest absolute Gasteiger partial charge is 0.361 e. The summed E-state index contributed by atoms with van der Waals surface area (Å²) in [5.74, 6) is 0.935. The van der Waals surface area contributed by atoms with Gasteiger partial charge in [-0.05, 0) is 62.9 Å². The van der Waals surface area contributed by atoms with Crippen LogP contribution in [0.3, 0.4) is 0 Å². The third-order valence-electron chi connectivity index (χ3n) is 5.19. The van der Waals surface area contributed by atoms with Gasteiger partial charge in [-0.25, -0.2) is 0 Å². The summed E-state index contributed by atoms with van der Waals surface area (Å²) in [7, 11) is 0. The van der Waals surface area contributed by atoms with Crippen molar-refractivity contribution < 1.29 is 0 Å². The van der Waals surface area contributed by atoms with Crippen LogP contribution in [0.15, 0.2) is 29.4 Å². The highest BCUT2D eigenvalue weighted by atomic mass is 127. The Kier molecular flexibility index (Phi) is 9.88. The molecule has 5 nitrogen and oxygen atoms in total. The van der Waals surface area contributed by atoms with Gasteiger partial charge >= 0.3 is 0 Å². The lowest BCUT2D eigenvalue weighted by atomic mass is 10.1. The quantitative estimate of drug-likeness (QED) is 0.290. The summed E-state index contributed by atoms with van der Waals surface area (Å²) in [5, 5.41) is 8.99. The fourth-order valence-electron chi connectivity index (χ4n) is 3.78. The van der Waals surface area contributed by atoms with E-state index in [1.54, 1.807) is 0 Å². The Balaban J connectivity index is 0.00000280. The number of rotatable bonds is 7. The van der Waals surface area contributed by atoms with Crippen LogP contribution in [0.2, 0.25) is 5.02 Å². The number of hydrogen-bond donors (Lipinski definition) is 3. The van der Waals surface area contributed by atoms with Crippen LogP contribution < -0.4 is 10.6 Å². The van der Waals surface area contributed by atoms with Crippen LogP contribution >= 0.6 is 35.6 Å². The van der Waals surface area contributed by atoms with Crippen LogP contribution in [0, 0.1) is 0 Å². The number of aliphatic imine (C=N–C) groups is 1. The lowest BCUT2D eigenvalue weighted by Crippen LogP contribution is -2.48. The zero-order chi connectivity index (χ0) is 19.1. The van der Waals surface area contributed by atoms with Crippen molar-refractivity contribution in [3.8, 4) is 0 Å². The van der Waals surface area contributed by atoms with Crippen LogP contribution in [-0.2, 0) is 6.42 Å². The third kappa shape index (κ3) is 6.52. The molecule has 1 fully saturated rings. The van der Waals surface area contributed by atoms with Crippen molar-refractivity contribution in [1.82, 2.24) is 20.5 Å². The van der Waals surface area contributed by atoms with Crippen molar-refractivity contribution >= 4 is 52.4 Å². The van der Waals surface area contributed by atoms with Gasteiger partial charge in [0.05, 0.1) is 0 Å². The van der Waals surface area contributed by atoms with Crippen LogP contribution in [-0.4, -0.2) is 54.6 Å². The Morgan fingerprint density at radius 2 is 2.07 bits per heavy atom. The second-order valence-electron chi connectivity index (χ2n) is 7.27. The summed E-state index contributed by atoms with van der Waals surface area (Å²) in [6.45, 7) is 9.58. The standard InChI is InChI=1S/C21H32ClN5.HI/c1-3-11-27-12-8-18(9-13-27)26-21(23-4-2)24-10-7-16-15-25-20-6-5-17(22)14-19(16)20;/h5-6,14-15,18,25H,3-4,7-13H2,1-2H3,(H2,23,24,26);1H. The van der Waals surface area contributed by atoms with Gasteiger partial charge in [0.25, 0.3) is 0 Å². The maximum absolute atomic E-state index is 6.15. The monoisotopic (exact) mass is 517 g/mol. The third-order valence-corrected chi connectivity index (χ3v) is 5.43. The van der Waals surface area contributed by atoms with E-state index in [1.165, 1.54) is 49.8 Å². The zero-order valence-electron chi connectivity index (χ0n) is 16.9. The minimum atomic E-state index is 0. The van der Waals surface area contributed by atoms with Gasteiger partial charge in [-0.3, -0.25) is 4.99 Å². The summed E-state index contributed by atoms with van der Waals surface area (Å²) in [5.41, 5.74) is 2.39. The van der Waals surface area contributed by atoms with Gasteiger partial charge in [0, 0.05) is 54.3 Å². The molecule has 3 N–H and O–H groups in total. The van der Waals surface area contributed by atoms with Gasteiger partial charge < -0.3 is 20.5 Å². The smallest absolute Gasteiger partial charge is 0.191 e. The first-order valence-electron chi connectivity index (χ1n) is 10.2. The van der Waals surface area contributed by atoms with Crippen molar-refractivity contribution in [2.45, 2.75) is 45.6 Å². The number of hydrogen-bond acceptors (Lipinski definition) is 2. The summed E-state index contributed by atoms with van der Waals surface area (Å²) >= 11 is 6.15. The minimum Gasteiger partial charge on any atom is -0.361 e. The highest BCUT2D eigenvalue weighted by molar-refractivity contribution is 14.0. The van der Waals surface area contributed by atoms with Gasteiger partial charge in [-0.2, -0.15) is 0 Å². The molecular weight excluding hydrogens is 485 g/mol. The maximum Gasteiger partial charge on any atom is 0.191 e. The van der Waals surface area contributed by atoms with Crippen molar-refractivity contribution in [3.05, 3.63) is 35.0 Å². The van der Waals surface area contributed by atoms with Crippen molar-refractivity contribution in [2.75, 3.05) is 32.7 Å². The number of nitrogens with zero attached hydrogens (tertiary/aromatic N) is 2. The Hall–Kier alpha value is -0.990. The number of nitrogens with one attached hydrogen (secondary N) is 3. The number of benzene rings is 1. The van der Waals surface area contributed by atoms with Gasteiger partial charge in [0.2, 0.25) is 0 Å². The average Bonchev–Trinajstić information content (AvgIpc) is 3.06. The fourth-order valence-corrected chi connectivity index (χ4v) is 3.95. The van der Waals surface area contributed by atoms with Crippen molar-refractivity contribution in [1.29, 1.82) is 0 Å². The maximum atomic E-state index is 6.15. The Labute approximate surface area is 190 Å². The summed E-state index contributed by atoms with van der Waals surface area (Å²) < 4.78 is 0. The highest BCUT2D eigenvalue weighted by Gasteiger charge is 2.19. The van der Waals surface area contributed by atoms with Crippen LogP contribution in [0.1, 0.15) is 38.7 Å². The number of guanidine groups is 1. The molecule has 0 saturated carbocycles.